The van der Waals surface area contributed by atoms with Crippen LogP contribution in [0.25, 0.3) is 0 Å². The Bertz CT molecular complexity index is 708. The minimum atomic E-state index is 0.666. The first-order valence-corrected chi connectivity index (χ1v) is 10.6. The van der Waals surface area contributed by atoms with Gasteiger partial charge in [-0.2, -0.15) is 0 Å². The zero-order valence-electron chi connectivity index (χ0n) is 14.6. The van der Waals surface area contributed by atoms with Gasteiger partial charge in [-0.3, -0.25) is 0 Å². The molecular formula is C18H22BBrN3O2S. The van der Waals surface area contributed by atoms with Gasteiger partial charge in [0.2, 0.25) is 0 Å². The van der Waals surface area contributed by atoms with Crippen molar-refractivity contribution in [1.82, 2.24) is 10.3 Å². The van der Waals surface area contributed by atoms with E-state index in [0.717, 1.165) is 33.5 Å². The van der Waals surface area contributed by atoms with Crippen LogP contribution in [0.2, 0.25) is 0 Å². The van der Waals surface area contributed by atoms with E-state index in [4.69, 9.17) is 9.05 Å². The predicted octanol–water partition coefficient (Wildman–Crippen LogP) is 5.80. The number of halogens is 1. The van der Waals surface area contributed by atoms with Crippen molar-refractivity contribution >= 4 is 36.4 Å². The van der Waals surface area contributed by atoms with Gasteiger partial charge in [0.25, 0.3) is 0 Å². The summed E-state index contributed by atoms with van der Waals surface area (Å²) in [6, 6.07) is 2.16. The monoisotopic (exact) mass is 434 g/mol. The van der Waals surface area contributed by atoms with Crippen molar-refractivity contribution in [3.63, 3.8) is 0 Å². The molecule has 0 aliphatic heterocycles. The molecule has 0 amide bonds. The molecule has 0 aromatic carbocycles. The van der Waals surface area contributed by atoms with E-state index in [1.807, 2.05) is 0 Å². The SMILES string of the molecule is Brc1c(C2CC2)noc1C1CC1.[B]=NS.c1c(C2CC2)noc1C1CC1. The molecule has 26 heavy (non-hydrogen) atoms. The smallest absolute Gasteiger partial charge is 0.140 e. The van der Waals surface area contributed by atoms with Crippen LogP contribution < -0.4 is 0 Å². The fourth-order valence-corrected chi connectivity index (χ4v) is 3.74. The van der Waals surface area contributed by atoms with Gasteiger partial charge in [0.1, 0.15) is 11.5 Å². The van der Waals surface area contributed by atoms with Gasteiger partial charge in [-0.05, 0) is 67.3 Å². The third-order valence-corrected chi connectivity index (χ3v) is 5.91. The molecule has 0 N–H and O–H groups in total. The number of hydrogen-bond donors (Lipinski definition) is 1. The molecular weight excluding hydrogens is 413 g/mol. The van der Waals surface area contributed by atoms with Gasteiger partial charge in [-0.15, -0.1) is 0 Å². The van der Waals surface area contributed by atoms with Crippen molar-refractivity contribution in [3.8, 4) is 0 Å². The molecule has 4 fully saturated rings. The Balaban J connectivity index is 0.000000113. The van der Waals surface area contributed by atoms with Crippen LogP contribution in [0.4, 0.5) is 0 Å². The van der Waals surface area contributed by atoms with Crippen LogP contribution in [0, 0.1) is 0 Å². The van der Waals surface area contributed by atoms with Crippen LogP contribution in [0.1, 0.15) is 97.9 Å². The summed E-state index contributed by atoms with van der Waals surface area (Å²) in [6.45, 7) is 0. The summed E-state index contributed by atoms with van der Waals surface area (Å²) in [5.41, 5.74) is 2.36. The molecule has 5 nitrogen and oxygen atoms in total. The fraction of sp³-hybridized carbons (Fsp3) is 0.667. The maximum absolute atomic E-state index is 5.32. The molecule has 2 heterocycles. The second-order valence-corrected chi connectivity index (χ2v) is 8.64. The molecule has 1 radical (unpaired) electrons. The first-order chi connectivity index (χ1) is 12.7. The molecule has 8 heteroatoms. The maximum atomic E-state index is 5.32. The van der Waals surface area contributed by atoms with Crippen LogP contribution in [-0.4, -0.2) is 18.0 Å². The van der Waals surface area contributed by atoms with Crippen molar-refractivity contribution in [2.24, 2.45) is 4.30 Å². The van der Waals surface area contributed by atoms with Crippen LogP contribution >= 0.6 is 28.7 Å². The van der Waals surface area contributed by atoms with Crippen LogP contribution in [0.15, 0.2) is 23.9 Å². The van der Waals surface area contributed by atoms with E-state index >= 15 is 0 Å². The Labute approximate surface area is 168 Å². The molecule has 2 aromatic rings. The molecule has 0 saturated heterocycles. The van der Waals surface area contributed by atoms with E-state index < -0.39 is 0 Å². The summed E-state index contributed by atoms with van der Waals surface area (Å²) in [4.78, 5) is 0. The molecule has 137 valence electrons. The zero-order valence-corrected chi connectivity index (χ0v) is 17.1. The Morgan fingerprint density at radius 1 is 0.923 bits per heavy atom. The normalized spacial score (nSPS) is 21.3. The summed E-state index contributed by atoms with van der Waals surface area (Å²) in [7, 11) is 4.34. The first-order valence-electron chi connectivity index (χ1n) is 9.37. The third-order valence-electron chi connectivity index (χ3n) is 5.12. The molecule has 2 aromatic heterocycles. The Morgan fingerprint density at radius 3 is 2.04 bits per heavy atom. The van der Waals surface area contributed by atoms with Gasteiger partial charge in [0, 0.05) is 29.7 Å². The van der Waals surface area contributed by atoms with E-state index in [1.54, 1.807) is 0 Å². The van der Waals surface area contributed by atoms with Crippen molar-refractivity contribution < 1.29 is 9.05 Å². The quantitative estimate of drug-likeness (QED) is 0.487. The summed E-state index contributed by atoms with van der Waals surface area (Å²) in [5, 5.41) is 8.18. The van der Waals surface area contributed by atoms with E-state index in [9.17, 15) is 0 Å². The minimum Gasteiger partial charge on any atom is -0.361 e. The van der Waals surface area contributed by atoms with Crippen molar-refractivity contribution in [2.75, 3.05) is 0 Å². The van der Waals surface area contributed by atoms with Crippen molar-refractivity contribution in [2.45, 2.75) is 75.0 Å². The Hall–Kier alpha value is -0.885. The summed E-state index contributed by atoms with van der Waals surface area (Å²) in [6.07, 6.45) is 10.4. The summed E-state index contributed by atoms with van der Waals surface area (Å²) >= 11 is 6.77. The largest absolute Gasteiger partial charge is 0.361 e. The van der Waals surface area contributed by atoms with Gasteiger partial charge in [-0.1, -0.05) is 10.3 Å². The predicted molar refractivity (Wildman–Crippen MR) is 106 cm³/mol. The van der Waals surface area contributed by atoms with Gasteiger partial charge < -0.3 is 9.05 Å². The van der Waals surface area contributed by atoms with Gasteiger partial charge >= 0.3 is 24.8 Å². The average Bonchev–Trinajstić information content (AvgIpc) is 3.50. The van der Waals surface area contributed by atoms with Gasteiger partial charge in [0.15, 0.2) is 5.76 Å². The molecule has 4 saturated carbocycles. The minimum absolute atomic E-state index is 0.666. The second kappa shape index (κ2) is 8.01. The van der Waals surface area contributed by atoms with E-state index in [0.29, 0.717) is 11.8 Å². The van der Waals surface area contributed by atoms with Crippen LogP contribution in [0.3, 0.4) is 0 Å². The second-order valence-electron chi connectivity index (χ2n) is 7.61. The number of aromatic nitrogens is 2. The molecule has 4 aliphatic rings. The number of hydrogen-bond acceptors (Lipinski definition) is 6. The molecule has 4 aliphatic carbocycles. The number of rotatable bonds is 4. The third kappa shape index (κ3) is 4.69. The molecule has 0 bridgehead atoms. The fourth-order valence-electron chi connectivity index (χ4n) is 2.95. The van der Waals surface area contributed by atoms with Gasteiger partial charge in [-0.25, -0.2) is 0 Å². The summed E-state index contributed by atoms with van der Waals surface area (Å²) < 4.78 is 14.4. The number of thiol groups is 1. The molecule has 0 spiro atoms. The maximum Gasteiger partial charge on any atom is 0.140 e. The van der Waals surface area contributed by atoms with Crippen LogP contribution in [-0.2, 0) is 0 Å². The van der Waals surface area contributed by atoms with Crippen molar-refractivity contribution in [1.29, 1.82) is 0 Å². The Kier molecular flexibility index (Phi) is 5.69. The van der Waals surface area contributed by atoms with Crippen molar-refractivity contribution in [3.05, 3.63) is 33.4 Å². The molecule has 6 rings (SSSR count). The topological polar surface area (TPSA) is 64.4 Å². The van der Waals surface area contributed by atoms with E-state index in [2.05, 4.69) is 57.1 Å². The molecule has 0 unspecified atom stereocenters. The van der Waals surface area contributed by atoms with Gasteiger partial charge in [0.05, 0.1) is 10.2 Å². The van der Waals surface area contributed by atoms with Crippen LogP contribution in [0.5, 0.6) is 0 Å². The standard InChI is InChI=1S/C9H10BrNO.C9H11NO.BHNS/c10-7-8(5-1-2-5)11-12-9(7)6-3-4-6;1-2-6(1)8-5-9(11-10-8)7-3-4-7;1-2-3/h5-6H,1-4H2;5-7H,1-4H2;3H. The average molecular weight is 435 g/mol. The van der Waals surface area contributed by atoms with E-state index in [1.165, 1.54) is 57.1 Å². The van der Waals surface area contributed by atoms with E-state index in [-0.39, 0.29) is 0 Å². The molecule has 0 atom stereocenters. The first kappa shape index (κ1) is 18.5. The summed E-state index contributed by atoms with van der Waals surface area (Å²) in [5.74, 6) is 5.04. The zero-order chi connectivity index (χ0) is 18.1. The number of nitrogens with zero attached hydrogens (tertiary/aromatic N) is 3. The Morgan fingerprint density at radius 2 is 1.50 bits per heavy atom.